The van der Waals surface area contributed by atoms with Gasteiger partial charge < -0.3 is 15.7 Å². The Hall–Kier alpha value is -0.880. The van der Waals surface area contributed by atoms with Gasteiger partial charge in [-0.15, -0.1) is 0 Å². The molecular formula is C9H13BrN4O. The van der Waals surface area contributed by atoms with E-state index in [2.05, 4.69) is 30.8 Å². The van der Waals surface area contributed by atoms with E-state index in [1.54, 1.807) is 6.20 Å². The van der Waals surface area contributed by atoms with Crippen molar-refractivity contribution in [1.82, 2.24) is 9.97 Å². The van der Waals surface area contributed by atoms with Gasteiger partial charge >= 0.3 is 0 Å². The van der Waals surface area contributed by atoms with Crippen molar-refractivity contribution < 1.29 is 5.11 Å². The monoisotopic (exact) mass is 272 g/mol. The lowest BCUT2D eigenvalue weighted by Gasteiger charge is -2.30. The first kappa shape index (κ1) is 10.6. The molecule has 0 amide bonds. The van der Waals surface area contributed by atoms with E-state index in [1.165, 1.54) is 0 Å². The Morgan fingerprint density at radius 2 is 2.13 bits per heavy atom. The first-order chi connectivity index (χ1) is 7.16. The van der Waals surface area contributed by atoms with Crippen LogP contribution in [0.1, 0.15) is 12.8 Å². The molecule has 2 rings (SSSR count). The third-order valence-corrected chi connectivity index (χ3v) is 3.07. The minimum Gasteiger partial charge on any atom is -0.393 e. The van der Waals surface area contributed by atoms with Crippen molar-refractivity contribution in [2.75, 3.05) is 23.7 Å². The lowest BCUT2D eigenvalue weighted by Crippen LogP contribution is -2.36. The van der Waals surface area contributed by atoms with Gasteiger partial charge in [-0.05, 0) is 28.8 Å². The van der Waals surface area contributed by atoms with Crippen LogP contribution in [0.15, 0.2) is 10.7 Å². The van der Waals surface area contributed by atoms with Crippen molar-refractivity contribution in [3.8, 4) is 0 Å². The molecule has 6 heteroatoms. The highest BCUT2D eigenvalue weighted by Crippen LogP contribution is 2.26. The Kier molecular flexibility index (Phi) is 3.06. The molecule has 0 aliphatic carbocycles. The number of halogens is 1. The highest BCUT2D eigenvalue weighted by atomic mass is 79.9. The summed E-state index contributed by atoms with van der Waals surface area (Å²) in [5.41, 5.74) is 5.54. The fourth-order valence-electron chi connectivity index (χ4n) is 1.67. The summed E-state index contributed by atoms with van der Waals surface area (Å²) in [6.07, 6.45) is 3.02. The van der Waals surface area contributed by atoms with Crippen molar-refractivity contribution in [2.24, 2.45) is 0 Å². The highest BCUT2D eigenvalue weighted by Gasteiger charge is 2.20. The molecule has 5 nitrogen and oxygen atoms in total. The van der Waals surface area contributed by atoms with E-state index in [4.69, 9.17) is 5.73 Å². The number of aliphatic hydroxyl groups excluding tert-OH is 1. The van der Waals surface area contributed by atoms with Crippen LogP contribution in [0.25, 0.3) is 0 Å². The molecule has 3 N–H and O–H groups in total. The predicted molar refractivity (Wildman–Crippen MR) is 61.6 cm³/mol. The second-order valence-electron chi connectivity index (χ2n) is 3.62. The Bertz CT molecular complexity index is 352. The Labute approximate surface area is 96.5 Å². The quantitative estimate of drug-likeness (QED) is 0.791. The van der Waals surface area contributed by atoms with E-state index >= 15 is 0 Å². The third-order valence-electron chi connectivity index (χ3n) is 2.51. The summed E-state index contributed by atoms with van der Waals surface area (Å²) in [6, 6.07) is 0. The molecule has 15 heavy (non-hydrogen) atoms. The second-order valence-corrected chi connectivity index (χ2v) is 4.47. The van der Waals surface area contributed by atoms with Gasteiger partial charge in [0.05, 0.1) is 10.6 Å². The van der Waals surface area contributed by atoms with Gasteiger partial charge in [0.25, 0.3) is 0 Å². The molecule has 1 aromatic rings. The largest absolute Gasteiger partial charge is 0.393 e. The predicted octanol–water partition coefficient (Wildman–Crippen LogP) is 0.782. The molecule has 0 saturated carbocycles. The van der Waals surface area contributed by atoms with Crippen LogP contribution < -0.4 is 10.6 Å². The van der Waals surface area contributed by atoms with Gasteiger partial charge in [0, 0.05) is 19.3 Å². The minimum absolute atomic E-state index is 0.181. The molecule has 82 valence electrons. The van der Waals surface area contributed by atoms with Crippen molar-refractivity contribution >= 4 is 27.7 Å². The SMILES string of the molecule is Nc1ncc(Br)c(N2CCC(O)CC2)n1. The molecule has 0 unspecified atom stereocenters. The van der Waals surface area contributed by atoms with Gasteiger partial charge in [-0.3, -0.25) is 0 Å². The number of nitrogens with two attached hydrogens (primary N) is 1. The Balaban J connectivity index is 2.18. The first-order valence-corrected chi connectivity index (χ1v) is 5.67. The zero-order valence-corrected chi connectivity index (χ0v) is 9.81. The summed E-state index contributed by atoms with van der Waals surface area (Å²) in [4.78, 5) is 10.2. The molecule has 1 saturated heterocycles. The van der Waals surface area contributed by atoms with Gasteiger partial charge in [0.2, 0.25) is 5.95 Å². The van der Waals surface area contributed by atoms with E-state index in [0.29, 0.717) is 0 Å². The number of anilines is 2. The smallest absolute Gasteiger partial charge is 0.222 e. The zero-order valence-electron chi connectivity index (χ0n) is 8.23. The maximum Gasteiger partial charge on any atom is 0.222 e. The number of piperidine rings is 1. The molecule has 0 aromatic carbocycles. The lowest BCUT2D eigenvalue weighted by atomic mass is 10.1. The molecule has 2 heterocycles. The molecular weight excluding hydrogens is 260 g/mol. The Morgan fingerprint density at radius 3 is 2.80 bits per heavy atom. The van der Waals surface area contributed by atoms with Gasteiger partial charge in [0.15, 0.2) is 0 Å². The van der Waals surface area contributed by atoms with Gasteiger partial charge in [0.1, 0.15) is 5.82 Å². The molecule has 1 fully saturated rings. The number of hydrogen-bond donors (Lipinski definition) is 2. The summed E-state index contributed by atoms with van der Waals surface area (Å²) in [5.74, 6) is 1.09. The fraction of sp³-hybridized carbons (Fsp3) is 0.556. The number of aliphatic hydroxyl groups is 1. The van der Waals surface area contributed by atoms with Gasteiger partial charge in [-0.25, -0.2) is 4.98 Å². The van der Waals surface area contributed by atoms with Crippen LogP contribution in [0.2, 0.25) is 0 Å². The van der Waals surface area contributed by atoms with Gasteiger partial charge in [-0.2, -0.15) is 4.98 Å². The molecule has 0 atom stereocenters. The molecule has 1 aromatic heterocycles. The second kappa shape index (κ2) is 4.32. The van der Waals surface area contributed by atoms with Crippen LogP contribution in [0.5, 0.6) is 0 Å². The molecule has 1 aliphatic rings. The van der Waals surface area contributed by atoms with Crippen molar-refractivity contribution in [3.05, 3.63) is 10.7 Å². The van der Waals surface area contributed by atoms with Crippen LogP contribution in [0, 0.1) is 0 Å². The fourth-order valence-corrected chi connectivity index (χ4v) is 2.11. The normalized spacial score (nSPS) is 18.1. The lowest BCUT2D eigenvalue weighted by molar-refractivity contribution is 0.145. The first-order valence-electron chi connectivity index (χ1n) is 4.88. The number of aromatic nitrogens is 2. The van der Waals surface area contributed by atoms with Crippen LogP contribution in [-0.2, 0) is 0 Å². The molecule has 0 spiro atoms. The topological polar surface area (TPSA) is 75.3 Å². The summed E-state index contributed by atoms with van der Waals surface area (Å²) in [6.45, 7) is 1.60. The van der Waals surface area contributed by atoms with E-state index in [-0.39, 0.29) is 12.1 Å². The number of rotatable bonds is 1. The standard InChI is InChI=1S/C9H13BrN4O/c10-7-5-12-9(11)13-8(7)14-3-1-6(15)2-4-14/h5-6,15H,1-4H2,(H2,11,12,13). The van der Waals surface area contributed by atoms with E-state index < -0.39 is 0 Å². The summed E-state index contributed by atoms with van der Waals surface area (Å²) in [7, 11) is 0. The maximum absolute atomic E-state index is 9.40. The average Bonchev–Trinajstić information content (AvgIpc) is 2.23. The van der Waals surface area contributed by atoms with Crippen LogP contribution >= 0.6 is 15.9 Å². The molecule has 1 aliphatic heterocycles. The average molecular weight is 273 g/mol. The third kappa shape index (κ3) is 2.38. The minimum atomic E-state index is -0.181. The molecule has 0 bridgehead atoms. The number of nitrogens with zero attached hydrogens (tertiary/aromatic N) is 3. The van der Waals surface area contributed by atoms with Crippen LogP contribution in [-0.4, -0.2) is 34.3 Å². The number of nitrogen functional groups attached to an aromatic ring is 1. The zero-order chi connectivity index (χ0) is 10.8. The van der Waals surface area contributed by atoms with Gasteiger partial charge in [-0.1, -0.05) is 0 Å². The van der Waals surface area contributed by atoms with Crippen molar-refractivity contribution in [2.45, 2.75) is 18.9 Å². The maximum atomic E-state index is 9.40. The Morgan fingerprint density at radius 1 is 1.47 bits per heavy atom. The van der Waals surface area contributed by atoms with Crippen molar-refractivity contribution in [1.29, 1.82) is 0 Å². The highest BCUT2D eigenvalue weighted by molar-refractivity contribution is 9.10. The van der Waals surface area contributed by atoms with Crippen LogP contribution in [0.4, 0.5) is 11.8 Å². The molecule has 0 radical (unpaired) electrons. The van der Waals surface area contributed by atoms with E-state index in [0.717, 1.165) is 36.2 Å². The number of hydrogen-bond acceptors (Lipinski definition) is 5. The van der Waals surface area contributed by atoms with Crippen LogP contribution in [0.3, 0.4) is 0 Å². The van der Waals surface area contributed by atoms with E-state index in [1.807, 2.05) is 0 Å². The van der Waals surface area contributed by atoms with Crippen molar-refractivity contribution in [3.63, 3.8) is 0 Å². The summed E-state index contributed by atoms with van der Waals surface area (Å²) < 4.78 is 0.841. The van der Waals surface area contributed by atoms with E-state index in [9.17, 15) is 5.11 Å². The summed E-state index contributed by atoms with van der Waals surface area (Å²) in [5, 5.41) is 9.40. The summed E-state index contributed by atoms with van der Waals surface area (Å²) >= 11 is 3.40.